The zero-order valence-corrected chi connectivity index (χ0v) is 9.16. The Balaban J connectivity index is 2.19. The van der Waals surface area contributed by atoms with Gasteiger partial charge in [-0.25, -0.2) is 4.79 Å². The zero-order valence-electron chi connectivity index (χ0n) is 9.16. The number of H-pyrrole nitrogens is 1. The average Bonchev–Trinajstić information content (AvgIpc) is 2.17. The van der Waals surface area contributed by atoms with Gasteiger partial charge in [0.15, 0.2) is 0 Å². The largest absolute Gasteiger partial charge is 0.354 e. The monoisotopic (exact) mass is 208 g/mol. The Hall–Kier alpha value is -1.36. The Morgan fingerprint density at radius 2 is 2.00 bits per heavy atom. The summed E-state index contributed by atoms with van der Waals surface area (Å²) in [5.74, 6) is 0.796. The Labute approximate surface area is 88.7 Å². The van der Waals surface area contributed by atoms with E-state index in [1.807, 2.05) is 13.0 Å². The SMILES string of the molecule is Cc1cc(N2CCN(C)CC2)nc(=O)[nH]1. The summed E-state index contributed by atoms with van der Waals surface area (Å²) in [6.45, 7) is 5.79. The first-order chi connectivity index (χ1) is 7.15. The van der Waals surface area contributed by atoms with Gasteiger partial charge in [-0.05, 0) is 20.0 Å². The van der Waals surface area contributed by atoms with Gasteiger partial charge in [-0.15, -0.1) is 0 Å². The minimum atomic E-state index is -0.260. The van der Waals surface area contributed by atoms with Crippen molar-refractivity contribution < 1.29 is 0 Å². The van der Waals surface area contributed by atoms with E-state index in [0.29, 0.717) is 0 Å². The number of piperazine rings is 1. The molecule has 1 fully saturated rings. The van der Waals surface area contributed by atoms with Crippen molar-refractivity contribution in [1.29, 1.82) is 0 Å². The summed E-state index contributed by atoms with van der Waals surface area (Å²) in [5, 5.41) is 0. The Kier molecular flexibility index (Phi) is 2.73. The Morgan fingerprint density at radius 3 is 2.60 bits per heavy atom. The van der Waals surface area contributed by atoms with Crippen LogP contribution in [-0.4, -0.2) is 48.1 Å². The summed E-state index contributed by atoms with van der Waals surface area (Å²) in [5.41, 5.74) is 0.604. The number of likely N-dealkylation sites (N-methyl/N-ethyl adjacent to an activating group) is 1. The van der Waals surface area contributed by atoms with Crippen molar-refractivity contribution in [2.45, 2.75) is 6.92 Å². The second-order valence-corrected chi connectivity index (χ2v) is 4.02. The summed E-state index contributed by atoms with van der Waals surface area (Å²) in [6, 6.07) is 1.92. The molecule has 2 heterocycles. The fourth-order valence-corrected chi connectivity index (χ4v) is 1.76. The summed E-state index contributed by atoms with van der Waals surface area (Å²) in [4.78, 5) is 22.3. The highest BCUT2D eigenvalue weighted by atomic mass is 16.1. The lowest BCUT2D eigenvalue weighted by Crippen LogP contribution is -2.45. The molecule has 1 saturated heterocycles. The minimum absolute atomic E-state index is 0.260. The predicted octanol–water partition coefficient (Wildman–Crippen LogP) is -0.170. The van der Waals surface area contributed by atoms with Gasteiger partial charge >= 0.3 is 5.69 Å². The first-order valence-corrected chi connectivity index (χ1v) is 5.16. The molecule has 15 heavy (non-hydrogen) atoms. The molecule has 0 aliphatic carbocycles. The van der Waals surface area contributed by atoms with Gasteiger partial charge in [-0.3, -0.25) is 0 Å². The van der Waals surface area contributed by atoms with E-state index in [9.17, 15) is 4.79 Å². The third-order valence-electron chi connectivity index (χ3n) is 2.69. The molecule has 0 atom stereocenters. The number of aromatic amines is 1. The second kappa shape index (κ2) is 4.02. The molecule has 2 rings (SSSR count). The van der Waals surface area contributed by atoms with Crippen molar-refractivity contribution >= 4 is 5.82 Å². The smallest absolute Gasteiger partial charge is 0.347 e. The van der Waals surface area contributed by atoms with Crippen LogP contribution in [-0.2, 0) is 0 Å². The second-order valence-electron chi connectivity index (χ2n) is 4.02. The molecule has 5 nitrogen and oxygen atoms in total. The van der Waals surface area contributed by atoms with Gasteiger partial charge in [-0.2, -0.15) is 4.98 Å². The van der Waals surface area contributed by atoms with Crippen LogP contribution in [0.1, 0.15) is 5.69 Å². The van der Waals surface area contributed by atoms with E-state index in [4.69, 9.17) is 0 Å². The van der Waals surface area contributed by atoms with Gasteiger partial charge in [0.2, 0.25) is 0 Å². The van der Waals surface area contributed by atoms with Crippen LogP contribution >= 0.6 is 0 Å². The lowest BCUT2D eigenvalue weighted by atomic mass is 10.3. The van der Waals surface area contributed by atoms with Gasteiger partial charge in [0, 0.05) is 31.9 Å². The van der Waals surface area contributed by atoms with Crippen molar-refractivity contribution in [3.63, 3.8) is 0 Å². The molecule has 0 aromatic carbocycles. The summed E-state index contributed by atoms with van der Waals surface area (Å²) >= 11 is 0. The highest BCUT2D eigenvalue weighted by Gasteiger charge is 2.15. The molecule has 1 aliphatic rings. The van der Waals surface area contributed by atoms with E-state index in [1.54, 1.807) is 0 Å². The normalized spacial score (nSPS) is 18.1. The Morgan fingerprint density at radius 1 is 1.33 bits per heavy atom. The van der Waals surface area contributed by atoms with E-state index in [1.165, 1.54) is 0 Å². The van der Waals surface area contributed by atoms with Crippen molar-refractivity contribution in [2.75, 3.05) is 38.1 Å². The summed E-state index contributed by atoms with van der Waals surface area (Å²) in [7, 11) is 2.10. The number of aryl methyl sites for hydroxylation is 1. The molecule has 5 heteroatoms. The van der Waals surface area contributed by atoms with E-state index >= 15 is 0 Å². The molecule has 0 radical (unpaired) electrons. The van der Waals surface area contributed by atoms with Crippen LogP contribution in [0.2, 0.25) is 0 Å². The van der Waals surface area contributed by atoms with Crippen molar-refractivity contribution in [3.05, 3.63) is 22.2 Å². The molecule has 82 valence electrons. The van der Waals surface area contributed by atoms with E-state index in [0.717, 1.165) is 37.7 Å². The average molecular weight is 208 g/mol. The van der Waals surface area contributed by atoms with Gasteiger partial charge in [0.05, 0.1) is 0 Å². The van der Waals surface area contributed by atoms with E-state index < -0.39 is 0 Å². The van der Waals surface area contributed by atoms with Crippen LogP contribution in [0.15, 0.2) is 10.9 Å². The number of anilines is 1. The van der Waals surface area contributed by atoms with Crippen molar-refractivity contribution in [2.24, 2.45) is 0 Å². The number of aromatic nitrogens is 2. The van der Waals surface area contributed by atoms with Crippen LogP contribution < -0.4 is 10.6 Å². The lowest BCUT2D eigenvalue weighted by molar-refractivity contribution is 0.312. The van der Waals surface area contributed by atoms with Gasteiger partial charge < -0.3 is 14.8 Å². The lowest BCUT2D eigenvalue weighted by Gasteiger charge is -2.33. The third-order valence-corrected chi connectivity index (χ3v) is 2.69. The van der Waals surface area contributed by atoms with E-state index in [2.05, 4.69) is 26.8 Å². The minimum Gasteiger partial charge on any atom is -0.354 e. The van der Waals surface area contributed by atoms with Crippen LogP contribution in [0, 0.1) is 6.92 Å². The molecule has 0 saturated carbocycles. The molecule has 0 spiro atoms. The summed E-state index contributed by atoms with van der Waals surface area (Å²) in [6.07, 6.45) is 0. The maximum atomic E-state index is 11.2. The highest BCUT2D eigenvalue weighted by molar-refractivity contribution is 5.39. The van der Waals surface area contributed by atoms with Gasteiger partial charge in [-0.1, -0.05) is 0 Å². The van der Waals surface area contributed by atoms with Crippen LogP contribution in [0.5, 0.6) is 0 Å². The maximum Gasteiger partial charge on any atom is 0.347 e. The number of nitrogens with zero attached hydrogens (tertiary/aromatic N) is 3. The van der Waals surface area contributed by atoms with Crippen molar-refractivity contribution in [1.82, 2.24) is 14.9 Å². The first kappa shape index (κ1) is 10.2. The van der Waals surface area contributed by atoms with Gasteiger partial charge in [0.25, 0.3) is 0 Å². The molecule has 1 N–H and O–H groups in total. The Bertz CT molecular complexity index is 393. The number of hydrogen-bond acceptors (Lipinski definition) is 4. The standard InChI is InChI=1S/C10H16N4O/c1-8-7-9(12-10(15)11-8)14-5-3-13(2)4-6-14/h7H,3-6H2,1-2H3,(H,11,12,15). The molecule has 0 unspecified atom stereocenters. The van der Waals surface area contributed by atoms with Crippen LogP contribution in [0.4, 0.5) is 5.82 Å². The molecule has 1 aromatic rings. The van der Waals surface area contributed by atoms with Gasteiger partial charge in [0.1, 0.15) is 5.82 Å². The number of hydrogen-bond donors (Lipinski definition) is 1. The molecular weight excluding hydrogens is 192 g/mol. The molecule has 0 amide bonds. The number of nitrogens with one attached hydrogen (secondary N) is 1. The fourth-order valence-electron chi connectivity index (χ4n) is 1.76. The molecular formula is C10H16N4O. The van der Waals surface area contributed by atoms with Crippen molar-refractivity contribution in [3.8, 4) is 0 Å². The third kappa shape index (κ3) is 2.36. The van der Waals surface area contributed by atoms with Crippen LogP contribution in [0.25, 0.3) is 0 Å². The maximum absolute atomic E-state index is 11.2. The predicted molar refractivity (Wildman–Crippen MR) is 59.3 cm³/mol. The number of rotatable bonds is 1. The quantitative estimate of drug-likeness (QED) is 0.696. The first-order valence-electron chi connectivity index (χ1n) is 5.16. The summed E-state index contributed by atoms with van der Waals surface area (Å²) < 4.78 is 0. The topological polar surface area (TPSA) is 52.2 Å². The molecule has 0 bridgehead atoms. The fraction of sp³-hybridized carbons (Fsp3) is 0.600. The zero-order chi connectivity index (χ0) is 10.8. The molecule has 1 aromatic heterocycles. The molecule has 1 aliphatic heterocycles. The van der Waals surface area contributed by atoms with E-state index in [-0.39, 0.29) is 5.69 Å². The van der Waals surface area contributed by atoms with Crippen LogP contribution in [0.3, 0.4) is 0 Å². The highest BCUT2D eigenvalue weighted by Crippen LogP contribution is 2.11.